The molecule has 2 aromatic heterocycles. The third-order valence-corrected chi connectivity index (χ3v) is 6.79. The van der Waals surface area contributed by atoms with Gasteiger partial charge in [0.05, 0.1) is 36.1 Å². The molecule has 4 rings (SSSR count). The lowest BCUT2D eigenvalue weighted by Crippen LogP contribution is -2.37. The van der Waals surface area contributed by atoms with Crippen LogP contribution in [0.5, 0.6) is 0 Å². The molecule has 0 spiro atoms. The maximum Gasteiger partial charge on any atom is 0.418 e. The van der Waals surface area contributed by atoms with Crippen LogP contribution in [0.4, 0.5) is 13.2 Å². The number of pyridine rings is 1. The summed E-state index contributed by atoms with van der Waals surface area (Å²) in [5, 5.41) is 16.1. The van der Waals surface area contributed by atoms with Gasteiger partial charge in [0.15, 0.2) is 0 Å². The Balaban J connectivity index is 0.00000226. The Morgan fingerprint density at radius 1 is 1.17 bits per heavy atom. The van der Waals surface area contributed by atoms with Gasteiger partial charge < -0.3 is 14.7 Å². The van der Waals surface area contributed by atoms with E-state index in [1.54, 1.807) is 24.5 Å². The second kappa shape index (κ2) is 14.9. The van der Waals surface area contributed by atoms with E-state index in [9.17, 15) is 18.0 Å². The number of fused-ring (bicyclic) bond motifs is 1. The molecule has 0 aliphatic carbocycles. The molecule has 0 amide bonds. The van der Waals surface area contributed by atoms with Crippen molar-refractivity contribution in [1.29, 1.82) is 0 Å². The quantitative estimate of drug-likeness (QED) is 0.210. The summed E-state index contributed by atoms with van der Waals surface area (Å²) in [6.45, 7) is 9.76. The summed E-state index contributed by atoms with van der Waals surface area (Å²) in [6.07, 6.45) is 1.81. The van der Waals surface area contributed by atoms with Crippen molar-refractivity contribution in [1.82, 2.24) is 18.8 Å². The molecule has 1 aliphatic heterocycles. The Hall–Kier alpha value is -3.48. The molecule has 1 fully saturated rings. The van der Waals surface area contributed by atoms with Crippen LogP contribution in [-0.2, 0) is 23.9 Å². The monoisotopic (exact) mass is 576 g/mol. The molecule has 41 heavy (non-hydrogen) atoms. The minimum atomic E-state index is -4.63. The number of hydrogen-bond acceptors (Lipinski definition) is 6. The van der Waals surface area contributed by atoms with E-state index < -0.39 is 17.4 Å². The molecule has 0 atom stereocenters. The van der Waals surface area contributed by atoms with Crippen LogP contribution in [0.25, 0.3) is 11.2 Å². The number of benzene rings is 1. The number of likely N-dealkylation sites (N-methyl/N-ethyl adjacent to an activating group) is 1. The normalized spacial score (nSPS) is 14.8. The number of rotatable bonds is 11. The lowest BCUT2D eigenvalue weighted by Gasteiger charge is -2.31. The Morgan fingerprint density at radius 2 is 1.90 bits per heavy atom. The number of hydrogen-bond donors (Lipinski definition) is 1. The van der Waals surface area contributed by atoms with Gasteiger partial charge in [-0.1, -0.05) is 26.0 Å². The van der Waals surface area contributed by atoms with Gasteiger partial charge in [-0.05, 0) is 48.6 Å². The van der Waals surface area contributed by atoms with Gasteiger partial charge in [-0.2, -0.15) is 18.3 Å². The molecule has 9 nitrogen and oxygen atoms in total. The van der Waals surface area contributed by atoms with Crippen molar-refractivity contribution in [3.63, 3.8) is 0 Å². The van der Waals surface area contributed by atoms with E-state index in [0.717, 1.165) is 28.9 Å². The number of aromatic nitrogens is 2. The van der Waals surface area contributed by atoms with Gasteiger partial charge >= 0.3 is 11.9 Å². The zero-order chi connectivity index (χ0) is 30.0. The van der Waals surface area contributed by atoms with Crippen molar-refractivity contribution in [3.05, 3.63) is 69.9 Å². The van der Waals surface area contributed by atoms with Crippen molar-refractivity contribution in [2.24, 2.45) is 10.2 Å². The van der Waals surface area contributed by atoms with Crippen LogP contribution < -0.4 is 5.69 Å². The average Bonchev–Trinajstić information content (AvgIpc) is 3.31. The van der Waals surface area contributed by atoms with E-state index >= 15 is 0 Å². The third kappa shape index (κ3) is 8.51. The maximum absolute atomic E-state index is 14.1. The standard InChI is InChI=1S/C27H33F3N6O3.C2H6/c1-31-32-19-33(2)9-6-20-4-3-5-22(14-20)35-18-25-24(27(28,29)30)15-21(17-36(25)26(35)38)16-34-10-7-23(8-11-34)39-13-12-37;1-2/h3-5,14-15,17-19,23,37H,1,6-13,16H2,2H3;1-2H3/b32-19-;. The molecule has 0 unspecified atom stereocenters. The van der Waals surface area contributed by atoms with E-state index in [1.165, 1.54) is 17.0 Å². The van der Waals surface area contributed by atoms with E-state index in [-0.39, 0.29) is 31.4 Å². The van der Waals surface area contributed by atoms with Gasteiger partial charge in [-0.15, -0.1) is 5.10 Å². The number of piperidine rings is 1. The highest BCUT2D eigenvalue weighted by molar-refractivity contribution is 5.58. The van der Waals surface area contributed by atoms with Crippen LogP contribution in [0.1, 0.15) is 43.4 Å². The van der Waals surface area contributed by atoms with Gasteiger partial charge in [-0.3, -0.25) is 13.9 Å². The van der Waals surface area contributed by atoms with Crippen molar-refractivity contribution in [2.45, 2.75) is 51.9 Å². The summed E-state index contributed by atoms with van der Waals surface area (Å²) in [6, 6.07) is 8.32. The zero-order valence-electron chi connectivity index (χ0n) is 23.8. The first-order valence-electron chi connectivity index (χ1n) is 13.8. The number of aliphatic hydroxyl groups excluding tert-OH is 1. The van der Waals surface area contributed by atoms with Crippen LogP contribution in [0.15, 0.2) is 57.7 Å². The molecule has 1 aromatic carbocycles. The number of aliphatic hydroxyl groups is 1. The number of likely N-dealkylation sites (tertiary alicyclic amines) is 1. The van der Waals surface area contributed by atoms with Crippen LogP contribution in [0, 0.1) is 0 Å². The summed E-state index contributed by atoms with van der Waals surface area (Å²) in [7, 11) is 1.84. The van der Waals surface area contributed by atoms with E-state index in [4.69, 9.17) is 9.84 Å². The van der Waals surface area contributed by atoms with Crippen LogP contribution >= 0.6 is 0 Å². The summed E-state index contributed by atoms with van der Waals surface area (Å²) in [5.41, 5.74) is 0.230. The molecule has 0 radical (unpaired) electrons. The Kier molecular flexibility index (Phi) is 11.7. The number of ether oxygens (including phenoxy) is 1. The number of halogens is 3. The third-order valence-electron chi connectivity index (χ3n) is 6.79. The zero-order valence-corrected chi connectivity index (χ0v) is 23.8. The molecule has 12 heteroatoms. The van der Waals surface area contributed by atoms with Crippen molar-refractivity contribution in [2.75, 3.05) is 39.9 Å². The smallest absolute Gasteiger partial charge is 0.394 e. The lowest BCUT2D eigenvalue weighted by molar-refractivity contribution is -0.136. The predicted molar refractivity (Wildman–Crippen MR) is 155 cm³/mol. The van der Waals surface area contributed by atoms with E-state index in [1.807, 2.05) is 31.9 Å². The number of imidazole rings is 1. The fourth-order valence-corrected chi connectivity index (χ4v) is 4.81. The average molecular weight is 577 g/mol. The number of nitrogens with zero attached hydrogens (tertiary/aromatic N) is 6. The van der Waals surface area contributed by atoms with Crippen LogP contribution in [0.2, 0.25) is 0 Å². The molecule has 224 valence electrons. The lowest BCUT2D eigenvalue weighted by atomic mass is 10.1. The summed E-state index contributed by atoms with van der Waals surface area (Å²) in [5.74, 6) is 0. The highest BCUT2D eigenvalue weighted by Crippen LogP contribution is 2.33. The molecular weight excluding hydrogens is 537 g/mol. The molecule has 3 aromatic rings. The van der Waals surface area contributed by atoms with Crippen molar-refractivity contribution in [3.8, 4) is 5.69 Å². The molecule has 1 N–H and O–H groups in total. The van der Waals surface area contributed by atoms with Gasteiger partial charge in [0.25, 0.3) is 0 Å². The van der Waals surface area contributed by atoms with Crippen LogP contribution in [0.3, 0.4) is 0 Å². The van der Waals surface area contributed by atoms with Gasteiger partial charge in [0, 0.05) is 52.3 Å². The molecule has 1 aliphatic rings. The predicted octanol–water partition coefficient (Wildman–Crippen LogP) is 4.23. The second-order valence-corrected chi connectivity index (χ2v) is 9.64. The van der Waals surface area contributed by atoms with E-state index in [2.05, 4.69) is 21.8 Å². The maximum atomic E-state index is 14.1. The summed E-state index contributed by atoms with van der Waals surface area (Å²) < 4.78 is 50.3. The van der Waals surface area contributed by atoms with Crippen LogP contribution in [-0.4, -0.2) is 82.9 Å². The Bertz CT molecular complexity index is 1360. The summed E-state index contributed by atoms with van der Waals surface area (Å²) >= 11 is 0. The SMILES string of the molecule is C=N/N=C\N(C)CCc1cccc(-n2cc3c(C(F)(F)F)cc(CN4CCC(OCCO)CC4)cn3c2=O)c1.CC. The summed E-state index contributed by atoms with van der Waals surface area (Å²) in [4.78, 5) is 17.2. The highest BCUT2D eigenvalue weighted by Gasteiger charge is 2.35. The number of alkyl halides is 3. The molecule has 3 heterocycles. The fraction of sp³-hybridized carbons (Fsp3) is 0.483. The fourth-order valence-electron chi connectivity index (χ4n) is 4.81. The first-order valence-corrected chi connectivity index (χ1v) is 13.8. The molecule has 0 saturated carbocycles. The highest BCUT2D eigenvalue weighted by atomic mass is 19.4. The van der Waals surface area contributed by atoms with E-state index in [0.29, 0.717) is 37.3 Å². The Labute approximate surface area is 238 Å². The van der Waals surface area contributed by atoms with Gasteiger partial charge in [-0.25, -0.2) is 4.79 Å². The van der Waals surface area contributed by atoms with Crippen molar-refractivity contribution < 1.29 is 23.0 Å². The van der Waals surface area contributed by atoms with Gasteiger partial charge in [0.1, 0.15) is 6.34 Å². The molecule has 0 bridgehead atoms. The minimum absolute atomic E-state index is 0.0340. The first kappa shape index (κ1) is 32.0. The largest absolute Gasteiger partial charge is 0.418 e. The minimum Gasteiger partial charge on any atom is -0.394 e. The van der Waals surface area contributed by atoms with Gasteiger partial charge in [0.2, 0.25) is 0 Å². The Morgan fingerprint density at radius 3 is 2.56 bits per heavy atom. The molecule has 1 saturated heterocycles. The second-order valence-electron chi connectivity index (χ2n) is 9.64. The van der Waals surface area contributed by atoms with Crippen molar-refractivity contribution >= 4 is 18.6 Å². The first-order chi connectivity index (χ1) is 19.7. The molecular formula is C29H39F3N6O3. The topological polar surface area (TPSA) is 87.1 Å².